The summed E-state index contributed by atoms with van der Waals surface area (Å²) in [6.07, 6.45) is 0.964. The van der Waals surface area contributed by atoms with Gasteiger partial charge < -0.3 is 14.8 Å². The van der Waals surface area contributed by atoms with Crippen LogP contribution in [0.25, 0.3) is 0 Å². The molecule has 1 heterocycles. The van der Waals surface area contributed by atoms with Gasteiger partial charge in [0, 0.05) is 26.4 Å². The van der Waals surface area contributed by atoms with Crippen LogP contribution in [0.5, 0.6) is 5.75 Å². The number of carbonyl (C=O) groups excluding carboxylic acids is 1. The molecule has 0 bridgehead atoms. The Hall–Kier alpha value is -2.04. The van der Waals surface area contributed by atoms with Gasteiger partial charge in [-0.05, 0) is 24.6 Å². The Balaban J connectivity index is 1.97. The summed E-state index contributed by atoms with van der Waals surface area (Å²) < 4.78 is 5.67. The Morgan fingerprint density at radius 1 is 1.47 bits per heavy atom. The molecule has 1 atom stereocenters. The maximum absolute atomic E-state index is 11.7. The van der Waals surface area contributed by atoms with Crippen LogP contribution in [0.4, 0.5) is 0 Å². The fourth-order valence-corrected chi connectivity index (χ4v) is 2.08. The van der Waals surface area contributed by atoms with Crippen LogP contribution in [0.3, 0.4) is 0 Å². The predicted molar refractivity (Wildman–Crippen MR) is 71.7 cm³/mol. The smallest absolute Gasteiger partial charge is 0.263 e. The van der Waals surface area contributed by atoms with Crippen molar-refractivity contribution in [2.45, 2.75) is 25.9 Å². The molecule has 1 amide bonds. The van der Waals surface area contributed by atoms with Gasteiger partial charge in [-0.15, -0.1) is 0 Å². The Labute approximate surface area is 112 Å². The van der Waals surface area contributed by atoms with Crippen LogP contribution in [0.15, 0.2) is 29.4 Å². The summed E-state index contributed by atoms with van der Waals surface area (Å²) in [6, 6.07) is 7.50. The van der Waals surface area contributed by atoms with Crippen molar-refractivity contribution >= 4 is 11.6 Å². The van der Waals surface area contributed by atoms with E-state index in [1.165, 1.54) is 0 Å². The van der Waals surface area contributed by atoms with E-state index in [2.05, 4.69) is 5.16 Å². The molecule has 1 unspecified atom stereocenters. The summed E-state index contributed by atoms with van der Waals surface area (Å²) in [5.74, 6) is 0.725. The minimum absolute atomic E-state index is 0.0346. The highest BCUT2D eigenvalue weighted by Crippen LogP contribution is 2.19. The van der Waals surface area contributed by atoms with E-state index in [0.29, 0.717) is 17.9 Å². The summed E-state index contributed by atoms with van der Waals surface area (Å²) in [4.78, 5) is 13.4. The zero-order chi connectivity index (χ0) is 13.8. The second-order valence-corrected chi connectivity index (χ2v) is 4.81. The van der Waals surface area contributed by atoms with E-state index in [4.69, 9.17) is 9.94 Å². The van der Waals surface area contributed by atoms with Gasteiger partial charge in [0.2, 0.25) is 0 Å². The predicted octanol–water partition coefficient (Wildman–Crippen LogP) is 1.69. The number of ether oxygens (including phenoxy) is 1. The van der Waals surface area contributed by atoms with Gasteiger partial charge in [-0.3, -0.25) is 4.79 Å². The first-order chi connectivity index (χ1) is 9.10. The molecule has 1 aromatic rings. The molecule has 5 heteroatoms. The van der Waals surface area contributed by atoms with E-state index in [1.54, 1.807) is 18.9 Å². The third kappa shape index (κ3) is 3.24. The molecule has 1 fully saturated rings. The average Bonchev–Trinajstić information content (AvgIpc) is 2.73. The number of likely N-dealkylation sites (tertiary alicyclic amines) is 1. The van der Waals surface area contributed by atoms with E-state index in [9.17, 15) is 4.79 Å². The van der Waals surface area contributed by atoms with Gasteiger partial charge in [0.25, 0.3) is 5.91 Å². The van der Waals surface area contributed by atoms with E-state index in [-0.39, 0.29) is 12.0 Å². The first kappa shape index (κ1) is 13.4. The van der Waals surface area contributed by atoms with Crippen molar-refractivity contribution in [2.24, 2.45) is 5.16 Å². The Morgan fingerprint density at radius 2 is 2.16 bits per heavy atom. The van der Waals surface area contributed by atoms with Crippen LogP contribution < -0.4 is 4.74 Å². The molecule has 1 saturated heterocycles. The van der Waals surface area contributed by atoms with Crippen LogP contribution in [0.1, 0.15) is 18.9 Å². The number of amides is 1. The summed E-state index contributed by atoms with van der Waals surface area (Å²) in [5, 5.41) is 11.8. The zero-order valence-electron chi connectivity index (χ0n) is 11.2. The first-order valence-electron chi connectivity index (χ1n) is 6.28. The van der Waals surface area contributed by atoms with Crippen molar-refractivity contribution < 1.29 is 14.7 Å². The number of rotatable bonds is 4. The second kappa shape index (κ2) is 5.73. The number of likely N-dealkylation sites (N-methyl/N-ethyl adjacent to an activating group) is 1. The Morgan fingerprint density at radius 3 is 2.68 bits per heavy atom. The molecule has 102 valence electrons. The Bertz CT molecular complexity index is 482. The van der Waals surface area contributed by atoms with Crippen molar-refractivity contribution in [1.82, 2.24) is 4.90 Å². The highest BCUT2D eigenvalue weighted by atomic mass is 16.5. The van der Waals surface area contributed by atoms with Crippen molar-refractivity contribution in [3.8, 4) is 5.75 Å². The SMILES string of the molecule is C/C(Cc1ccc(OC2CCN(C)C2=O)cc1)=N\O. The molecule has 0 saturated carbocycles. The maximum atomic E-state index is 11.7. The summed E-state index contributed by atoms with van der Waals surface area (Å²) >= 11 is 0. The molecule has 1 aromatic carbocycles. The van der Waals surface area contributed by atoms with Crippen molar-refractivity contribution in [2.75, 3.05) is 13.6 Å². The van der Waals surface area contributed by atoms with Crippen LogP contribution in [0.2, 0.25) is 0 Å². The third-order valence-corrected chi connectivity index (χ3v) is 3.21. The minimum atomic E-state index is -0.364. The fraction of sp³-hybridized carbons (Fsp3) is 0.429. The molecule has 0 radical (unpaired) electrons. The Kier molecular flexibility index (Phi) is 4.04. The average molecular weight is 262 g/mol. The molecule has 5 nitrogen and oxygen atoms in total. The topological polar surface area (TPSA) is 62.1 Å². The van der Waals surface area contributed by atoms with Crippen LogP contribution in [0, 0.1) is 0 Å². The van der Waals surface area contributed by atoms with Gasteiger partial charge in [-0.2, -0.15) is 0 Å². The number of oxime groups is 1. The largest absolute Gasteiger partial charge is 0.481 e. The molecule has 0 aromatic heterocycles. The number of benzene rings is 1. The molecular formula is C14H18N2O3. The minimum Gasteiger partial charge on any atom is -0.481 e. The lowest BCUT2D eigenvalue weighted by atomic mass is 10.1. The third-order valence-electron chi connectivity index (χ3n) is 3.21. The van der Waals surface area contributed by atoms with Crippen molar-refractivity contribution in [3.63, 3.8) is 0 Å². The maximum Gasteiger partial charge on any atom is 0.263 e. The molecule has 0 spiro atoms. The molecule has 2 rings (SSSR count). The van der Waals surface area contributed by atoms with Gasteiger partial charge in [0.1, 0.15) is 5.75 Å². The van der Waals surface area contributed by atoms with Gasteiger partial charge in [0.05, 0.1) is 5.71 Å². The first-order valence-corrected chi connectivity index (χ1v) is 6.28. The summed E-state index contributed by atoms with van der Waals surface area (Å²) in [5.41, 5.74) is 1.69. The van der Waals surface area contributed by atoms with E-state index < -0.39 is 0 Å². The number of carbonyl (C=O) groups is 1. The fourth-order valence-electron chi connectivity index (χ4n) is 2.08. The van der Waals surface area contributed by atoms with Gasteiger partial charge in [-0.1, -0.05) is 17.3 Å². The van der Waals surface area contributed by atoms with E-state index >= 15 is 0 Å². The van der Waals surface area contributed by atoms with Gasteiger partial charge >= 0.3 is 0 Å². The quantitative estimate of drug-likeness (QED) is 0.510. The lowest BCUT2D eigenvalue weighted by molar-refractivity contribution is -0.132. The highest BCUT2D eigenvalue weighted by molar-refractivity contribution is 5.84. The lowest BCUT2D eigenvalue weighted by Crippen LogP contribution is -2.29. The summed E-state index contributed by atoms with van der Waals surface area (Å²) in [7, 11) is 1.78. The van der Waals surface area contributed by atoms with Crippen LogP contribution in [-0.4, -0.2) is 41.4 Å². The van der Waals surface area contributed by atoms with Crippen LogP contribution in [-0.2, 0) is 11.2 Å². The van der Waals surface area contributed by atoms with E-state index in [0.717, 1.165) is 18.5 Å². The standard InChI is InChI=1S/C14H18N2O3/c1-10(15-18)9-11-3-5-12(6-4-11)19-13-7-8-16(2)14(13)17/h3-6,13,18H,7-9H2,1-2H3/b15-10+. The van der Waals surface area contributed by atoms with Gasteiger partial charge in [0.15, 0.2) is 6.10 Å². The van der Waals surface area contributed by atoms with Gasteiger partial charge in [-0.25, -0.2) is 0 Å². The van der Waals surface area contributed by atoms with Crippen LogP contribution >= 0.6 is 0 Å². The lowest BCUT2D eigenvalue weighted by Gasteiger charge is -2.13. The molecule has 1 aliphatic heterocycles. The monoisotopic (exact) mass is 262 g/mol. The molecule has 1 aliphatic rings. The van der Waals surface area contributed by atoms with Crippen molar-refractivity contribution in [3.05, 3.63) is 29.8 Å². The zero-order valence-corrected chi connectivity index (χ0v) is 11.2. The summed E-state index contributed by atoms with van der Waals surface area (Å²) in [6.45, 7) is 2.51. The highest BCUT2D eigenvalue weighted by Gasteiger charge is 2.30. The van der Waals surface area contributed by atoms with Crippen molar-refractivity contribution in [1.29, 1.82) is 0 Å². The normalized spacial score (nSPS) is 19.9. The molecule has 19 heavy (non-hydrogen) atoms. The number of nitrogens with zero attached hydrogens (tertiary/aromatic N) is 2. The molecule has 0 aliphatic carbocycles. The molecular weight excluding hydrogens is 244 g/mol. The van der Waals surface area contributed by atoms with E-state index in [1.807, 2.05) is 24.3 Å². The molecule has 1 N–H and O–H groups in total. The number of hydrogen-bond donors (Lipinski definition) is 1. The second-order valence-electron chi connectivity index (χ2n) is 4.81. The number of hydrogen-bond acceptors (Lipinski definition) is 4.